The van der Waals surface area contributed by atoms with Crippen LogP contribution < -0.4 is 0 Å². The first-order chi connectivity index (χ1) is 17.5. The first kappa shape index (κ1) is 35.0. The first-order valence-electron chi connectivity index (χ1n) is 14.7. The standard InChI is InChI=1S/C31H58O5Si2/c1-30(2,3)37(7,8)35-27(20-14-16-24-32)22-23-28(36-38(9,10)31(4,5)6)21-15-17-25-34-29(33)26-18-12-11-13-19-26/h11-13,18-19,27-28,32H,14-17,20-25H2,1-10H3/t27-,28-/m1/s1. The summed E-state index contributed by atoms with van der Waals surface area (Å²) in [6, 6.07) is 9.17. The van der Waals surface area contributed by atoms with Crippen LogP contribution >= 0.6 is 0 Å². The Hall–Kier alpha value is -0.996. The van der Waals surface area contributed by atoms with Crippen LogP contribution in [0.3, 0.4) is 0 Å². The van der Waals surface area contributed by atoms with E-state index in [1.807, 2.05) is 18.2 Å². The van der Waals surface area contributed by atoms with Crippen molar-refractivity contribution in [2.75, 3.05) is 13.2 Å². The Kier molecular flexibility index (Phi) is 14.5. The van der Waals surface area contributed by atoms with Crippen molar-refractivity contribution in [1.29, 1.82) is 0 Å². The molecule has 0 spiro atoms. The maximum atomic E-state index is 12.2. The average molecular weight is 567 g/mol. The highest BCUT2D eigenvalue weighted by molar-refractivity contribution is 6.74. The molecule has 0 aliphatic heterocycles. The van der Waals surface area contributed by atoms with Crippen LogP contribution in [0.4, 0.5) is 0 Å². The molecule has 1 aromatic carbocycles. The van der Waals surface area contributed by atoms with E-state index in [1.165, 1.54) is 0 Å². The molecule has 0 aliphatic rings. The largest absolute Gasteiger partial charge is 0.462 e. The zero-order chi connectivity index (χ0) is 29.0. The maximum absolute atomic E-state index is 12.2. The van der Waals surface area contributed by atoms with Crippen molar-refractivity contribution in [3.63, 3.8) is 0 Å². The second-order valence-corrected chi connectivity index (χ2v) is 23.3. The number of carbonyl (C=O) groups excluding carboxylic acids is 1. The molecule has 220 valence electrons. The monoisotopic (exact) mass is 566 g/mol. The fourth-order valence-corrected chi connectivity index (χ4v) is 6.71. The third-order valence-corrected chi connectivity index (χ3v) is 17.5. The molecule has 38 heavy (non-hydrogen) atoms. The smallest absolute Gasteiger partial charge is 0.338 e. The number of hydrogen-bond acceptors (Lipinski definition) is 5. The quantitative estimate of drug-likeness (QED) is 0.116. The highest BCUT2D eigenvalue weighted by Gasteiger charge is 2.40. The van der Waals surface area contributed by atoms with Gasteiger partial charge < -0.3 is 18.7 Å². The summed E-state index contributed by atoms with van der Waals surface area (Å²) < 4.78 is 19.3. The predicted molar refractivity (Wildman–Crippen MR) is 165 cm³/mol. The van der Waals surface area contributed by atoms with Crippen molar-refractivity contribution >= 4 is 22.6 Å². The van der Waals surface area contributed by atoms with Crippen LogP contribution in [-0.4, -0.2) is 53.1 Å². The Labute approximate surface area is 236 Å². The Balaban J connectivity index is 2.80. The van der Waals surface area contributed by atoms with Gasteiger partial charge in [0.05, 0.1) is 12.2 Å². The normalized spacial score (nSPS) is 14.8. The second kappa shape index (κ2) is 15.7. The molecule has 0 amide bonds. The topological polar surface area (TPSA) is 65.0 Å². The van der Waals surface area contributed by atoms with E-state index in [4.69, 9.17) is 13.6 Å². The summed E-state index contributed by atoms with van der Waals surface area (Å²) in [5.74, 6) is -0.256. The molecule has 0 saturated heterocycles. The zero-order valence-electron chi connectivity index (χ0n) is 26.2. The van der Waals surface area contributed by atoms with E-state index in [0.717, 1.165) is 51.4 Å². The van der Waals surface area contributed by atoms with Gasteiger partial charge in [0, 0.05) is 18.8 Å². The van der Waals surface area contributed by atoms with Crippen LogP contribution in [-0.2, 0) is 13.6 Å². The van der Waals surface area contributed by atoms with Crippen molar-refractivity contribution in [1.82, 2.24) is 0 Å². The van der Waals surface area contributed by atoms with Gasteiger partial charge in [0.2, 0.25) is 0 Å². The van der Waals surface area contributed by atoms with E-state index in [9.17, 15) is 9.90 Å². The molecule has 1 rings (SSSR count). The minimum atomic E-state index is -1.93. The van der Waals surface area contributed by atoms with E-state index in [0.29, 0.717) is 12.2 Å². The van der Waals surface area contributed by atoms with Crippen molar-refractivity contribution in [3.05, 3.63) is 35.9 Å². The van der Waals surface area contributed by atoms with Crippen molar-refractivity contribution in [2.45, 2.75) is 141 Å². The van der Waals surface area contributed by atoms with Crippen LogP contribution in [0, 0.1) is 0 Å². The third kappa shape index (κ3) is 12.5. The lowest BCUT2D eigenvalue weighted by molar-refractivity contribution is 0.0491. The number of unbranched alkanes of at least 4 members (excludes halogenated alkanes) is 2. The molecule has 0 saturated carbocycles. The second-order valence-electron chi connectivity index (χ2n) is 13.8. The van der Waals surface area contributed by atoms with E-state index in [1.54, 1.807) is 12.1 Å². The van der Waals surface area contributed by atoms with Crippen LogP contribution in [0.15, 0.2) is 30.3 Å². The lowest BCUT2D eigenvalue weighted by Gasteiger charge is -2.41. The molecule has 7 heteroatoms. The number of rotatable bonds is 17. The molecule has 2 atom stereocenters. The average Bonchev–Trinajstić information content (AvgIpc) is 2.80. The molecule has 0 heterocycles. The highest BCUT2D eigenvalue weighted by atomic mass is 28.4. The summed E-state index contributed by atoms with van der Waals surface area (Å²) in [4.78, 5) is 12.2. The van der Waals surface area contributed by atoms with Gasteiger partial charge in [-0.1, -0.05) is 59.7 Å². The molecule has 0 radical (unpaired) electrons. The van der Waals surface area contributed by atoms with Gasteiger partial charge in [-0.3, -0.25) is 0 Å². The minimum absolute atomic E-state index is 0.147. The molecule has 0 aliphatic carbocycles. The summed E-state index contributed by atoms with van der Waals surface area (Å²) in [5, 5.41) is 9.63. The van der Waals surface area contributed by atoms with Gasteiger partial charge in [0.15, 0.2) is 16.6 Å². The number of ether oxygens (including phenoxy) is 1. The van der Waals surface area contributed by atoms with Gasteiger partial charge in [-0.15, -0.1) is 0 Å². The van der Waals surface area contributed by atoms with Gasteiger partial charge in [-0.2, -0.15) is 0 Å². The Bertz CT molecular complexity index is 797. The summed E-state index contributed by atoms with van der Waals surface area (Å²) in [6.07, 6.45) is 7.84. The van der Waals surface area contributed by atoms with E-state index in [-0.39, 0.29) is 34.9 Å². The van der Waals surface area contributed by atoms with Gasteiger partial charge in [0.1, 0.15) is 0 Å². The number of carbonyl (C=O) groups is 1. The van der Waals surface area contributed by atoms with E-state index >= 15 is 0 Å². The number of hydrogen-bond donors (Lipinski definition) is 1. The molecule has 0 bridgehead atoms. The molecule has 0 fully saturated rings. The Morgan fingerprint density at radius 2 is 1.18 bits per heavy atom. The molecular weight excluding hydrogens is 509 g/mol. The van der Waals surface area contributed by atoms with Crippen LogP contribution in [0.25, 0.3) is 0 Å². The number of aliphatic hydroxyl groups is 1. The fourth-order valence-electron chi connectivity index (χ4n) is 3.86. The van der Waals surface area contributed by atoms with Crippen molar-refractivity contribution in [2.24, 2.45) is 0 Å². The number of esters is 1. The molecule has 5 nitrogen and oxygen atoms in total. The highest BCUT2D eigenvalue weighted by Crippen LogP contribution is 2.40. The molecule has 0 unspecified atom stereocenters. The minimum Gasteiger partial charge on any atom is -0.462 e. The predicted octanol–water partition coefficient (Wildman–Crippen LogP) is 8.74. The number of aliphatic hydroxyl groups excluding tert-OH is 1. The van der Waals surface area contributed by atoms with E-state index < -0.39 is 16.6 Å². The van der Waals surface area contributed by atoms with E-state index in [2.05, 4.69) is 67.7 Å². The first-order valence-corrected chi connectivity index (χ1v) is 20.5. The SMILES string of the molecule is CC(C)(C)[Si](C)(C)O[C@H](CCCCO)CC[C@@H](CCCCOC(=O)c1ccccc1)O[Si](C)(C)C(C)(C)C. The van der Waals surface area contributed by atoms with Crippen molar-refractivity contribution in [3.8, 4) is 0 Å². The van der Waals surface area contributed by atoms with Gasteiger partial charge >= 0.3 is 5.97 Å². The lowest BCUT2D eigenvalue weighted by atomic mass is 10.0. The van der Waals surface area contributed by atoms with Crippen LogP contribution in [0.2, 0.25) is 36.3 Å². The lowest BCUT2D eigenvalue weighted by Crippen LogP contribution is -2.45. The molecular formula is C31H58O5Si2. The van der Waals surface area contributed by atoms with Gasteiger partial charge in [-0.05, 0) is 99.8 Å². The molecule has 0 aromatic heterocycles. The van der Waals surface area contributed by atoms with Crippen LogP contribution in [0.1, 0.15) is 103 Å². The van der Waals surface area contributed by atoms with Gasteiger partial charge in [-0.25, -0.2) is 4.79 Å². The van der Waals surface area contributed by atoms with Crippen molar-refractivity contribution < 1.29 is 23.5 Å². The fraction of sp³-hybridized carbons (Fsp3) is 0.774. The summed E-state index contributed by atoms with van der Waals surface area (Å²) >= 11 is 0. The summed E-state index contributed by atoms with van der Waals surface area (Å²) in [5.41, 5.74) is 0.598. The summed E-state index contributed by atoms with van der Waals surface area (Å²) in [7, 11) is -3.82. The van der Waals surface area contributed by atoms with Crippen LogP contribution in [0.5, 0.6) is 0 Å². The third-order valence-electron chi connectivity index (χ3n) is 8.44. The zero-order valence-corrected chi connectivity index (χ0v) is 28.2. The maximum Gasteiger partial charge on any atom is 0.338 e. The molecule has 1 aromatic rings. The Morgan fingerprint density at radius 3 is 1.61 bits per heavy atom. The van der Waals surface area contributed by atoms with Gasteiger partial charge in [0.25, 0.3) is 0 Å². The number of benzene rings is 1. The Morgan fingerprint density at radius 1 is 0.737 bits per heavy atom. The molecule has 1 N–H and O–H groups in total. The summed E-state index contributed by atoms with van der Waals surface area (Å²) in [6.45, 7) is 23.7.